The first-order chi connectivity index (χ1) is 11.2. The lowest BCUT2D eigenvalue weighted by Gasteiger charge is -2.06. The number of hydrogen-bond donors (Lipinski definition) is 0. The lowest BCUT2D eigenvalue weighted by molar-refractivity contribution is 0.309. The van der Waals surface area contributed by atoms with Gasteiger partial charge in [0.2, 0.25) is 0 Å². The molecule has 0 aliphatic carbocycles. The molecule has 23 heavy (non-hydrogen) atoms. The highest BCUT2D eigenvalue weighted by atomic mass is 16.5. The third kappa shape index (κ3) is 5.37. The van der Waals surface area contributed by atoms with E-state index in [-0.39, 0.29) is 0 Å². The van der Waals surface area contributed by atoms with E-state index in [4.69, 9.17) is 14.2 Å². The summed E-state index contributed by atoms with van der Waals surface area (Å²) in [6.45, 7) is 2.93. The summed E-state index contributed by atoms with van der Waals surface area (Å²) >= 11 is 0. The molecule has 2 aromatic carbocycles. The van der Waals surface area contributed by atoms with Crippen LogP contribution in [0.4, 0.5) is 0 Å². The van der Waals surface area contributed by atoms with Gasteiger partial charge in [0.1, 0.15) is 17.2 Å². The SMILES string of the molecule is CCCCOc1ccc(/C=C/c2cc(OC)cc(OC)c2)cc1. The fraction of sp³-hybridized carbons (Fsp3) is 0.300. The number of hydrogen-bond acceptors (Lipinski definition) is 3. The molecule has 0 heterocycles. The van der Waals surface area contributed by atoms with E-state index in [1.54, 1.807) is 14.2 Å². The van der Waals surface area contributed by atoms with Crippen molar-refractivity contribution in [3.8, 4) is 17.2 Å². The first-order valence-corrected chi connectivity index (χ1v) is 7.89. The smallest absolute Gasteiger partial charge is 0.123 e. The van der Waals surface area contributed by atoms with Crippen LogP contribution in [-0.4, -0.2) is 20.8 Å². The van der Waals surface area contributed by atoms with E-state index in [1.165, 1.54) is 0 Å². The Hall–Kier alpha value is -2.42. The summed E-state index contributed by atoms with van der Waals surface area (Å²) in [5.74, 6) is 2.48. The molecule has 122 valence electrons. The number of ether oxygens (including phenoxy) is 3. The Balaban J connectivity index is 2.05. The van der Waals surface area contributed by atoms with Crippen molar-refractivity contribution in [1.82, 2.24) is 0 Å². The van der Waals surface area contributed by atoms with E-state index in [0.717, 1.165) is 47.8 Å². The molecular formula is C20H24O3. The van der Waals surface area contributed by atoms with Crippen molar-refractivity contribution in [1.29, 1.82) is 0 Å². The van der Waals surface area contributed by atoms with Gasteiger partial charge in [0.25, 0.3) is 0 Å². The second-order valence-electron chi connectivity index (χ2n) is 5.25. The molecule has 0 atom stereocenters. The fourth-order valence-electron chi connectivity index (χ4n) is 2.13. The summed E-state index contributed by atoms with van der Waals surface area (Å²) in [7, 11) is 3.30. The molecule has 0 spiro atoms. The molecule has 3 heteroatoms. The van der Waals surface area contributed by atoms with Crippen LogP contribution >= 0.6 is 0 Å². The van der Waals surface area contributed by atoms with Gasteiger partial charge in [-0.25, -0.2) is 0 Å². The maximum atomic E-state index is 5.67. The van der Waals surface area contributed by atoms with Crippen molar-refractivity contribution in [2.45, 2.75) is 19.8 Å². The van der Waals surface area contributed by atoms with Gasteiger partial charge in [0, 0.05) is 6.07 Å². The van der Waals surface area contributed by atoms with Crippen molar-refractivity contribution in [3.63, 3.8) is 0 Å². The molecule has 0 aliphatic heterocycles. The zero-order chi connectivity index (χ0) is 16.5. The van der Waals surface area contributed by atoms with Crippen molar-refractivity contribution in [2.75, 3.05) is 20.8 Å². The van der Waals surface area contributed by atoms with Crippen LogP contribution in [0.3, 0.4) is 0 Å². The second-order valence-corrected chi connectivity index (χ2v) is 5.25. The van der Waals surface area contributed by atoms with Gasteiger partial charge in [-0.1, -0.05) is 37.6 Å². The molecule has 0 aromatic heterocycles. The summed E-state index contributed by atoms with van der Waals surface area (Å²) in [4.78, 5) is 0. The Labute approximate surface area is 138 Å². The molecule has 0 unspecified atom stereocenters. The Morgan fingerprint density at radius 3 is 1.96 bits per heavy atom. The van der Waals surface area contributed by atoms with E-state index in [2.05, 4.69) is 25.1 Å². The summed E-state index contributed by atoms with van der Waals surface area (Å²) in [5, 5.41) is 0. The first-order valence-electron chi connectivity index (χ1n) is 7.89. The molecule has 0 amide bonds. The Kier molecular flexibility index (Phi) is 6.55. The second kappa shape index (κ2) is 8.89. The average Bonchev–Trinajstić information content (AvgIpc) is 2.61. The number of methoxy groups -OCH3 is 2. The quantitative estimate of drug-likeness (QED) is 0.504. The third-order valence-electron chi connectivity index (χ3n) is 3.49. The van der Waals surface area contributed by atoms with Crippen LogP contribution in [0.5, 0.6) is 17.2 Å². The highest BCUT2D eigenvalue weighted by Gasteiger charge is 1.99. The Morgan fingerprint density at radius 2 is 1.39 bits per heavy atom. The van der Waals surface area contributed by atoms with E-state index in [1.807, 2.05) is 36.4 Å². The van der Waals surface area contributed by atoms with Crippen LogP contribution in [0.25, 0.3) is 12.2 Å². The van der Waals surface area contributed by atoms with Gasteiger partial charge in [-0.15, -0.1) is 0 Å². The molecule has 3 nitrogen and oxygen atoms in total. The molecule has 0 radical (unpaired) electrons. The molecular weight excluding hydrogens is 288 g/mol. The van der Waals surface area contributed by atoms with Crippen LogP contribution in [0.1, 0.15) is 30.9 Å². The van der Waals surface area contributed by atoms with Crippen molar-refractivity contribution >= 4 is 12.2 Å². The van der Waals surface area contributed by atoms with E-state index in [0.29, 0.717) is 0 Å². The number of benzene rings is 2. The van der Waals surface area contributed by atoms with E-state index in [9.17, 15) is 0 Å². The number of unbranched alkanes of at least 4 members (excludes halogenated alkanes) is 1. The minimum atomic E-state index is 0.773. The van der Waals surface area contributed by atoms with Crippen molar-refractivity contribution in [3.05, 3.63) is 53.6 Å². The van der Waals surface area contributed by atoms with Crippen LogP contribution in [0, 0.1) is 0 Å². The van der Waals surface area contributed by atoms with Gasteiger partial charge < -0.3 is 14.2 Å². The Morgan fingerprint density at radius 1 is 0.783 bits per heavy atom. The minimum Gasteiger partial charge on any atom is -0.497 e. The van der Waals surface area contributed by atoms with Gasteiger partial charge in [0.05, 0.1) is 20.8 Å². The van der Waals surface area contributed by atoms with Crippen LogP contribution < -0.4 is 14.2 Å². The van der Waals surface area contributed by atoms with Gasteiger partial charge in [-0.3, -0.25) is 0 Å². The molecule has 0 saturated carbocycles. The first kappa shape index (κ1) is 16.9. The minimum absolute atomic E-state index is 0.773. The van der Waals surface area contributed by atoms with Gasteiger partial charge in [-0.2, -0.15) is 0 Å². The van der Waals surface area contributed by atoms with E-state index >= 15 is 0 Å². The van der Waals surface area contributed by atoms with Gasteiger partial charge in [0.15, 0.2) is 0 Å². The highest BCUT2D eigenvalue weighted by Crippen LogP contribution is 2.24. The molecule has 2 rings (SSSR count). The van der Waals surface area contributed by atoms with Crippen molar-refractivity contribution < 1.29 is 14.2 Å². The molecule has 0 fully saturated rings. The average molecular weight is 312 g/mol. The zero-order valence-corrected chi connectivity index (χ0v) is 14.0. The van der Waals surface area contributed by atoms with Crippen molar-refractivity contribution in [2.24, 2.45) is 0 Å². The van der Waals surface area contributed by atoms with Crippen LogP contribution in [0.2, 0.25) is 0 Å². The molecule has 0 aliphatic rings. The molecule has 0 bridgehead atoms. The number of rotatable bonds is 8. The maximum Gasteiger partial charge on any atom is 0.123 e. The monoisotopic (exact) mass is 312 g/mol. The predicted octanol–water partition coefficient (Wildman–Crippen LogP) is 5.05. The largest absolute Gasteiger partial charge is 0.497 e. The summed E-state index contributed by atoms with van der Waals surface area (Å²) in [6, 6.07) is 13.9. The summed E-state index contributed by atoms with van der Waals surface area (Å²) in [5.41, 5.74) is 2.15. The lowest BCUT2D eigenvalue weighted by atomic mass is 10.1. The fourth-order valence-corrected chi connectivity index (χ4v) is 2.13. The maximum absolute atomic E-state index is 5.67. The van der Waals surface area contributed by atoms with E-state index < -0.39 is 0 Å². The van der Waals surface area contributed by atoms with Gasteiger partial charge >= 0.3 is 0 Å². The highest BCUT2D eigenvalue weighted by molar-refractivity contribution is 5.71. The Bertz CT molecular complexity index is 608. The molecule has 2 aromatic rings. The molecule has 0 N–H and O–H groups in total. The zero-order valence-electron chi connectivity index (χ0n) is 14.0. The lowest BCUT2D eigenvalue weighted by Crippen LogP contribution is -1.95. The normalized spacial score (nSPS) is 10.7. The van der Waals surface area contributed by atoms with Gasteiger partial charge in [-0.05, 0) is 41.8 Å². The third-order valence-corrected chi connectivity index (χ3v) is 3.49. The predicted molar refractivity (Wildman–Crippen MR) is 95.3 cm³/mol. The van der Waals surface area contributed by atoms with Crippen LogP contribution in [-0.2, 0) is 0 Å². The van der Waals surface area contributed by atoms with Crippen LogP contribution in [0.15, 0.2) is 42.5 Å². The standard InChI is InChI=1S/C20H24O3/c1-4-5-12-23-18-10-8-16(9-11-18)6-7-17-13-19(21-2)15-20(14-17)22-3/h6-11,13-15H,4-5,12H2,1-3H3/b7-6+. The topological polar surface area (TPSA) is 27.7 Å². The summed E-state index contributed by atoms with van der Waals surface area (Å²) < 4.78 is 16.2. The summed E-state index contributed by atoms with van der Waals surface area (Å²) in [6.07, 6.45) is 6.33. The molecule has 0 saturated heterocycles.